The van der Waals surface area contributed by atoms with Crippen LogP contribution in [0.15, 0.2) is 10.9 Å². The lowest BCUT2D eigenvalue weighted by molar-refractivity contribution is -0.144. The quantitative estimate of drug-likeness (QED) is 0.813. The van der Waals surface area contributed by atoms with Crippen LogP contribution in [-0.2, 0) is 16.1 Å². The fraction of sp³-hybridized carbons (Fsp3) is 0.636. The first-order valence-corrected chi connectivity index (χ1v) is 5.92. The van der Waals surface area contributed by atoms with Crippen LogP contribution >= 0.6 is 0 Å². The Bertz CT molecular complexity index is 418. The van der Waals surface area contributed by atoms with E-state index in [2.05, 4.69) is 20.0 Å². The molecule has 7 nitrogen and oxygen atoms in total. The lowest BCUT2D eigenvalue weighted by Gasteiger charge is -2.25. The first-order valence-electron chi connectivity index (χ1n) is 5.92. The molecule has 1 amide bonds. The summed E-state index contributed by atoms with van der Waals surface area (Å²) >= 11 is 0. The highest BCUT2D eigenvalue weighted by atomic mass is 16.5. The highest BCUT2D eigenvalue weighted by Gasteiger charge is 2.30. The van der Waals surface area contributed by atoms with Crippen molar-refractivity contribution in [3.8, 4) is 0 Å². The van der Waals surface area contributed by atoms with E-state index in [1.807, 2.05) is 0 Å². The Morgan fingerprint density at radius 1 is 1.44 bits per heavy atom. The third kappa shape index (κ3) is 3.06. The zero-order valence-corrected chi connectivity index (χ0v) is 9.83. The predicted molar refractivity (Wildman–Crippen MR) is 59.2 cm³/mol. The van der Waals surface area contributed by atoms with Gasteiger partial charge in [0.2, 0.25) is 12.3 Å². The number of rotatable bonds is 4. The number of aromatic nitrogens is 2. The first-order chi connectivity index (χ1) is 8.66. The number of aliphatic carboxylic acids is 1. The number of nitrogens with zero attached hydrogens (tertiary/aromatic N) is 2. The molecular weight excluding hydrogens is 238 g/mol. The smallest absolute Gasteiger partial charge is 0.306 e. The molecule has 1 saturated carbocycles. The summed E-state index contributed by atoms with van der Waals surface area (Å²) in [5, 5.41) is 15.2. The summed E-state index contributed by atoms with van der Waals surface area (Å²) in [4.78, 5) is 26.6. The molecule has 0 aliphatic heterocycles. The van der Waals surface area contributed by atoms with Crippen LogP contribution in [0.4, 0.5) is 0 Å². The van der Waals surface area contributed by atoms with Gasteiger partial charge in [0.1, 0.15) is 0 Å². The monoisotopic (exact) mass is 253 g/mol. The highest BCUT2D eigenvalue weighted by Crippen LogP contribution is 2.29. The normalized spacial score (nSPS) is 23.6. The number of carboxylic acids is 1. The minimum atomic E-state index is -0.814. The molecule has 1 fully saturated rings. The van der Waals surface area contributed by atoms with Gasteiger partial charge < -0.3 is 14.9 Å². The van der Waals surface area contributed by atoms with E-state index in [1.54, 1.807) is 0 Å². The molecule has 2 atom stereocenters. The van der Waals surface area contributed by atoms with Crippen LogP contribution in [0, 0.1) is 11.8 Å². The molecule has 0 spiro atoms. The summed E-state index contributed by atoms with van der Waals surface area (Å²) < 4.78 is 4.55. The van der Waals surface area contributed by atoms with Crippen LogP contribution in [0.1, 0.15) is 31.5 Å². The molecule has 1 aliphatic carbocycles. The summed E-state index contributed by atoms with van der Waals surface area (Å²) in [7, 11) is 0. The second-order valence-electron chi connectivity index (χ2n) is 4.46. The Balaban J connectivity index is 1.83. The van der Waals surface area contributed by atoms with E-state index in [0.29, 0.717) is 18.7 Å². The average Bonchev–Trinajstić information content (AvgIpc) is 2.89. The van der Waals surface area contributed by atoms with Gasteiger partial charge in [-0.2, -0.15) is 4.98 Å². The van der Waals surface area contributed by atoms with E-state index in [4.69, 9.17) is 5.11 Å². The Hall–Kier alpha value is -1.92. The van der Waals surface area contributed by atoms with Crippen molar-refractivity contribution in [2.24, 2.45) is 11.8 Å². The average molecular weight is 253 g/mol. The molecule has 2 N–H and O–H groups in total. The number of carbonyl (C=O) groups excluding carboxylic acids is 1. The molecule has 0 saturated heterocycles. The van der Waals surface area contributed by atoms with Crippen LogP contribution in [0.5, 0.6) is 0 Å². The van der Waals surface area contributed by atoms with Crippen molar-refractivity contribution in [2.75, 3.05) is 0 Å². The maximum atomic E-state index is 11.9. The fourth-order valence-corrected chi connectivity index (χ4v) is 2.23. The van der Waals surface area contributed by atoms with Crippen molar-refractivity contribution in [1.82, 2.24) is 15.5 Å². The van der Waals surface area contributed by atoms with Crippen LogP contribution in [-0.4, -0.2) is 27.1 Å². The molecular formula is C11H15N3O4. The second-order valence-corrected chi connectivity index (χ2v) is 4.46. The predicted octanol–water partition coefficient (Wildman–Crippen LogP) is 0.577. The molecule has 1 aromatic rings. The summed E-state index contributed by atoms with van der Waals surface area (Å²) in [5.74, 6) is -1.17. The Morgan fingerprint density at radius 2 is 2.22 bits per heavy atom. The molecule has 2 rings (SSSR count). The third-order valence-corrected chi connectivity index (χ3v) is 3.22. The SMILES string of the molecule is O=C(O)C1CCCC(C(=O)NCc2ncon2)C1. The van der Waals surface area contributed by atoms with Crippen molar-refractivity contribution < 1.29 is 19.2 Å². The fourth-order valence-electron chi connectivity index (χ4n) is 2.23. The van der Waals surface area contributed by atoms with E-state index >= 15 is 0 Å². The first kappa shape index (κ1) is 12.5. The summed E-state index contributed by atoms with van der Waals surface area (Å²) in [6.45, 7) is 0.212. The van der Waals surface area contributed by atoms with Gasteiger partial charge in [0, 0.05) is 5.92 Å². The summed E-state index contributed by atoms with van der Waals surface area (Å²) in [5.41, 5.74) is 0. The van der Waals surface area contributed by atoms with E-state index in [9.17, 15) is 9.59 Å². The number of carbonyl (C=O) groups is 2. The van der Waals surface area contributed by atoms with Crippen molar-refractivity contribution in [1.29, 1.82) is 0 Å². The Kier molecular flexibility index (Phi) is 3.91. The van der Waals surface area contributed by atoms with Crippen LogP contribution in [0.3, 0.4) is 0 Å². The number of carboxylic acid groups (broad SMARTS) is 1. The van der Waals surface area contributed by atoms with Crippen LogP contribution < -0.4 is 5.32 Å². The maximum absolute atomic E-state index is 11.9. The van der Waals surface area contributed by atoms with Crippen molar-refractivity contribution in [2.45, 2.75) is 32.2 Å². The topological polar surface area (TPSA) is 105 Å². The summed E-state index contributed by atoms with van der Waals surface area (Å²) in [6, 6.07) is 0. The molecule has 1 heterocycles. The van der Waals surface area contributed by atoms with Gasteiger partial charge >= 0.3 is 5.97 Å². The minimum absolute atomic E-state index is 0.134. The van der Waals surface area contributed by atoms with E-state index in [1.165, 1.54) is 6.39 Å². The molecule has 0 radical (unpaired) electrons. The zero-order valence-electron chi connectivity index (χ0n) is 9.83. The lowest BCUT2D eigenvalue weighted by atomic mass is 9.81. The van der Waals surface area contributed by atoms with Gasteiger partial charge in [0.25, 0.3) is 0 Å². The van der Waals surface area contributed by atoms with Gasteiger partial charge in [-0.1, -0.05) is 11.6 Å². The van der Waals surface area contributed by atoms with Gasteiger partial charge in [-0.25, -0.2) is 0 Å². The van der Waals surface area contributed by atoms with E-state index < -0.39 is 11.9 Å². The van der Waals surface area contributed by atoms with Crippen molar-refractivity contribution in [3.05, 3.63) is 12.2 Å². The molecule has 98 valence electrons. The second kappa shape index (κ2) is 5.61. The number of hydrogen-bond donors (Lipinski definition) is 2. The van der Waals surface area contributed by atoms with Gasteiger partial charge in [0.15, 0.2) is 5.82 Å². The molecule has 1 aliphatic rings. The molecule has 0 aromatic carbocycles. The number of nitrogens with one attached hydrogen (secondary N) is 1. The van der Waals surface area contributed by atoms with Crippen LogP contribution in [0.25, 0.3) is 0 Å². The maximum Gasteiger partial charge on any atom is 0.306 e. The van der Waals surface area contributed by atoms with Crippen molar-refractivity contribution >= 4 is 11.9 Å². The minimum Gasteiger partial charge on any atom is -0.481 e. The number of hydrogen-bond acceptors (Lipinski definition) is 5. The highest BCUT2D eigenvalue weighted by molar-refractivity contribution is 5.80. The molecule has 18 heavy (non-hydrogen) atoms. The zero-order chi connectivity index (χ0) is 13.0. The van der Waals surface area contributed by atoms with Crippen LogP contribution in [0.2, 0.25) is 0 Å². The molecule has 1 aromatic heterocycles. The number of amides is 1. The van der Waals surface area contributed by atoms with Gasteiger partial charge in [-0.15, -0.1) is 0 Å². The van der Waals surface area contributed by atoms with E-state index in [0.717, 1.165) is 12.8 Å². The largest absolute Gasteiger partial charge is 0.481 e. The van der Waals surface area contributed by atoms with Gasteiger partial charge in [-0.05, 0) is 19.3 Å². The molecule has 2 unspecified atom stereocenters. The summed E-state index contributed by atoms with van der Waals surface area (Å²) in [6.07, 6.45) is 3.78. The third-order valence-electron chi connectivity index (χ3n) is 3.22. The lowest BCUT2D eigenvalue weighted by Crippen LogP contribution is -2.35. The molecule has 0 bridgehead atoms. The van der Waals surface area contributed by atoms with Gasteiger partial charge in [-0.3, -0.25) is 9.59 Å². The van der Waals surface area contributed by atoms with Crippen molar-refractivity contribution in [3.63, 3.8) is 0 Å². The Morgan fingerprint density at radius 3 is 2.89 bits per heavy atom. The van der Waals surface area contributed by atoms with E-state index in [-0.39, 0.29) is 18.4 Å². The standard InChI is InChI=1S/C11H15N3O4/c15-10(12-5-9-13-6-18-14-9)7-2-1-3-8(4-7)11(16)17/h6-8H,1-5H2,(H,12,15)(H,16,17). The molecule has 7 heteroatoms. The Labute approximate surface area is 104 Å². The van der Waals surface area contributed by atoms with Gasteiger partial charge in [0.05, 0.1) is 12.5 Å².